The molecule has 0 radical (unpaired) electrons. The number of ether oxygens (including phenoxy) is 1. The number of benzene rings is 2. The minimum Gasteiger partial charge on any atom is -0.497 e. The monoisotopic (exact) mass is 266 g/mol. The topological polar surface area (TPSA) is 33.6 Å². The predicted octanol–water partition coefficient (Wildman–Crippen LogP) is 4.11. The molecular formula is C17H18N2O. The average Bonchev–Trinajstić information content (AvgIpc) is 2.49. The van der Waals surface area contributed by atoms with Crippen molar-refractivity contribution in [3.8, 4) is 5.75 Å². The van der Waals surface area contributed by atoms with Crippen molar-refractivity contribution < 1.29 is 4.74 Å². The number of anilines is 1. The van der Waals surface area contributed by atoms with E-state index in [9.17, 15) is 0 Å². The second-order valence-corrected chi connectivity index (χ2v) is 4.39. The number of allylic oxidation sites excluding steroid dienone is 1. The number of hydrazone groups is 1. The summed E-state index contributed by atoms with van der Waals surface area (Å²) in [6.07, 6.45) is 5.60. The van der Waals surface area contributed by atoms with E-state index in [0.717, 1.165) is 17.0 Å². The molecule has 3 nitrogen and oxygen atoms in total. The molecule has 2 rings (SSSR count). The van der Waals surface area contributed by atoms with Crippen molar-refractivity contribution >= 4 is 18.0 Å². The van der Waals surface area contributed by atoms with Gasteiger partial charge in [0.25, 0.3) is 0 Å². The molecule has 2 aromatic carbocycles. The van der Waals surface area contributed by atoms with Crippen molar-refractivity contribution in [2.24, 2.45) is 5.10 Å². The number of hydrogen-bond acceptors (Lipinski definition) is 3. The Balaban J connectivity index is 1.85. The Morgan fingerprint density at radius 2 is 1.70 bits per heavy atom. The normalized spacial score (nSPS) is 11.1. The van der Waals surface area contributed by atoms with Crippen molar-refractivity contribution in [2.75, 3.05) is 12.5 Å². The Bertz CT molecular complexity index is 583. The maximum atomic E-state index is 5.11. The second kappa shape index (κ2) is 7.14. The number of rotatable bonds is 5. The highest BCUT2D eigenvalue weighted by molar-refractivity contribution is 5.78. The van der Waals surface area contributed by atoms with E-state index in [1.807, 2.05) is 60.7 Å². The van der Waals surface area contributed by atoms with Crippen LogP contribution >= 0.6 is 0 Å². The third-order valence-corrected chi connectivity index (χ3v) is 2.81. The predicted molar refractivity (Wildman–Crippen MR) is 85.3 cm³/mol. The number of aryl methyl sites for hydroxylation is 1. The zero-order valence-electron chi connectivity index (χ0n) is 11.7. The Morgan fingerprint density at radius 1 is 1.00 bits per heavy atom. The van der Waals surface area contributed by atoms with Crippen molar-refractivity contribution in [1.29, 1.82) is 0 Å². The van der Waals surface area contributed by atoms with Gasteiger partial charge in [-0.3, -0.25) is 5.43 Å². The van der Waals surface area contributed by atoms with Crippen LogP contribution in [0.15, 0.2) is 59.7 Å². The maximum absolute atomic E-state index is 5.11. The smallest absolute Gasteiger partial charge is 0.118 e. The first kappa shape index (κ1) is 13.9. The molecule has 0 bridgehead atoms. The van der Waals surface area contributed by atoms with Gasteiger partial charge in [0.1, 0.15) is 5.75 Å². The van der Waals surface area contributed by atoms with Crippen LogP contribution < -0.4 is 10.2 Å². The lowest BCUT2D eigenvalue weighted by molar-refractivity contribution is 0.415. The summed E-state index contributed by atoms with van der Waals surface area (Å²) >= 11 is 0. The molecule has 20 heavy (non-hydrogen) atoms. The molecule has 0 aromatic heterocycles. The first-order valence-corrected chi connectivity index (χ1v) is 6.44. The zero-order valence-corrected chi connectivity index (χ0v) is 11.7. The van der Waals surface area contributed by atoms with E-state index in [1.165, 1.54) is 5.56 Å². The van der Waals surface area contributed by atoms with Gasteiger partial charge in [-0.1, -0.05) is 35.9 Å². The van der Waals surface area contributed by atoms with Crippen molar-refractivity contribution in [3.05, 3.63) is 65.7 Å². The third kappa shape index (κ3) is 4.28. The standard InChI is InChI=1S/C17H18N2O/c1-14-5-9-16(10-6-14)19-18-13-3-4-15-7-11-17(20-2)12-8-15/h3-13,19H,1-2H3/b4-3+,18-13-. The summed E-state index contributed by atoms with van der Waals surface area (Å²) in [4.78, 5) is 0. The van der Waals surface area contributed by atoms with Crippen LogP contribution in [0.1, 0.15) is 11.1 Å². The first-order chi connectivity index (χ1) is 9.78. The van der Waals surface area contributed by atoms with Gasteiger partial charge in [0.05, 0.1) is 12.8 Å². The van der Waals surface area contributed by atoms with Crippen LogP contribution in [-0.2, 0) is 0 Å². The first-order valence-electron chi connectivity index (χ1n) is 6.44. The number of nitrogens with zero attached hydrogens (tertiary/aromatic N) is 1. The van der Waals surface area contributed by atoms with E-state index < -0.39 is 0 Å². The van der Waals surface area contributed by atoms with Gasteiger partial charge in [-0.15, -0.1) is 0 Å². The molecule has 2 aromatic rings. The fourth-order valence-electron chi connectivity index (χ4n) is 1.65. The fourth-order valence-corrected chi connectivity index (χ4v) is 1.65. The van der Waals surface area contributed by atoms with E-state index in [-0.39, 0.29) is 0 Å². The Morgan fingerprint density at radius 3 is 2.35 bits per heavy atom. The summed E-state index contributed by atoms with van der Waals surface area (Å²) in [6.45, 7) is 2.06. The quantitative estimate of drug-likeness (QED) is 0.652. The van der Waals surface area contributed by atoms with Crippen LogP contribution in [0.5, 0.6) is 5.75 Å². The van der Waals surface area contributed by atoms with Gasteiger partial charge >= 0.3 is 0 Å². The van der Waals surface area contributed by atoms with Crippen LogP contribution in [0.4, 0.5) is 5.69 Å². The van der Waals surface area contributed by atoms with Crippen molar-refractivity contribution in [2.45, 2.75) is 6.92 Å². The van der Waals surface area contributed by atoms with E-state index in [0.29, 0.717) is 0 Å². The summed E-state index contributed by atoms with van der Waals surface area (Å²) < 4.78 is 5.11. The Hall–Kier alpha value is -2.55. The van der Waals surface area contributed by atoms with Crippen LogP contribution in [0, 0.1) is 6.92 Å². The number of methoxy groups -OCH3 is 1. The fraction of sp³-hybridized carbons (Fsp3) is 0.118. The highest BCUT2D eigenvalue weighted by Crippen LogP contribution is 2.12. The van der Waals surface area contributed by atoms with Gasteiger partial charge in [-0.25, -0.2) is 0 Å². The van der Waals surface area contributed by atoms with Crippen LogP contribution in [0.25, 0.3) is 6.08 Å². The second-order valence-electron chi connectivity index (χ2n) is 4.39. The molecule has 0 amide bonds. The molecule has 0 atom stereocenters. The molecule has 0 saturated carbocycles. The lowest BCUT2D eigenvalue weighted by Crippen LogP contribution is -1.87. The molecular weight excluding hydrogens is 248 g/mol. The van der Waals surface area contributed by atoms with E-state index in [4.69, 9.17) is 4.74 Å². The minimum absolute atomic E-state index is 0.858. The van der Waals surface area contributed by atoms with Gasteiger partial charge < -0.3 is 4.74 Å². The van der Waals surface area contributed by atoms with Crippen LogP contribution in [0.3, 0.4) is 0 Å². The molecule has 0 aliphatic carbocycles. The molecule has 0 unspecified atom stereocenters. The molecule has 102 valence electrons. The average molecular weight is 266 g/mol. The van der Waals surface area contributed by atoms with Gasteiger partial charge in [0.15, 0.2) is 0 Å². The zero-order chi connectivity index (χ0) is 14.2. The molecule has 0 aliphatic rings. The molecule has 0 saturated heterocycles. The van der Waals surface area contributed by atoms with Gasteiger partial charge in [-0.05, 0) is 42.8 Å². The van der Waals surface area contributed by atoms with E-state index >= 15 is 0 Å². The summed E-state index contributed by atoms with van der Waals surface area (Å²) in [5.41, 5.74) is 6.29. The summed E-state index contributed by atoms with van der Waals surface area (Å²) in [6, 6.07) is 16.0. The summed E-state index contributed by atoms with van der Waals surface area (Å²) in [5.74, 6) is 0.858. The highest BCUT2D eigenvalue weighted by atomic mass is 16.5. The molecule has 0 heterocycles. The van der Waals surface area contributed by atoms with Gasteiger partial charge in [0.2, 0.25) is 0 Å². The molecule has 0 fully saturated rings. The summed E-state index contributed by atoms with van der Waals surface area (Å²) in [7, 11) is 1.66. The molecule has 3 heteroatoms. The SMILES string of the molecule is COc1ccc(/C=C/C=N\Nc2ccc(C)cc2)cc1. The highest BCUT2D eigenvalue weighted by Gasteiger charge is 1.89. The van der Waals surface area contributed by atoms with Crippen LogP contribution in [0.2, 0.25) is 0 Å². The van der Waals surface area contributed by atoms with Gasteiger partial charge in [0, 0.05) is 6.21 Å². The lowest BCUT2D eigenvalue weighted by atomic mass is 10.2. The lowest BCUT2D eigenvalue weighted by Gasteiger charge is -1.99. The van der Waals surface area contributed by atoms with E-state index in [1.54, 1.807) is 13.3 Å². The Labute approximate surface area is 119 Å². The number of nitrogens with one attached hydrogen (secondary N) is 1. The third-order valence-electron chi connectivity index (χ3n) is 2.81. The summed E-state index contributed by atoms with van der Waals surface area (Å²) in [5, 5.41) is 4.13. The van der Waals surface area contributed by atoms with Crippen molar-refractivity contribution in [1.82, 2.24) is 0 Å². The molecule has 1 N–H and O–H groups in total. The molecule has 0 spiro atoms. The van der Waals surface area contributed by atoms with Crippen LogP contribution in [-0.4, -0.2) is 13.3 Å². The van der Waals surface area contributed by atoms with Crippen molar-refractivity contribution in [3.63, 3.8) is 0 Å². The number of hydrogen-bond donors (Lipinski definition) is 1. The minimum atomic E-state index is 0.858. The Kier molecular flexibility index (Phi) is 4.95. The largest absolute Gasteiger partial charge is 0.497 e. The maximum Gasteiger partial charge on any atom is 0.118 e. The van der Waals surface area contributed by atoms with Gasteiger partial charge in [-0.2, -0.15) is 5.10 Å². The van der Waals surface area contributed by atoms with E-state index in [2.05, 4.69) is 17.5 Å². The molecule has 0 aliphatic heterocycles.